The molecule has 2 aliphatic carbocycles. The minimum absolute atomic E-state index is 0.0351. The Bertz CT molecular complexity index is 1560. The number of carbonyl (C=O) groups is 2. The topological polar surface area (TPSA) is 61.2 Å². The van der Waals surface area contributed by atoms with Gasteiger partial charge >= 0.3 is 0 Å². The van der Waals surface area contributed by atoms with Crippen LogP contribution in [0.4, 0.5) is 0 Å². The van der Waals surface area contributed by atoms with Crippen LogP contribution in [0.25, 0.3) is 11.3 Å². The highest BCUT2D eigenvalue weighted by Crippen LogP contribution is 2.54. The quantitative estimate of drug-likeness (QED) is 0.314. The number of rotatable bonds is 4. The number of Topliss-reactive ketones (excluding diaryl/α,β-unsaturated/α-hetero) is 2. The fourth-order valence-electron chi connectivity index (χ4n) is 6.36. The van der Waals surface area contributed by atoms with Gasteiger partial charge < -0.3 is 4.74 Å². The van der Waals surface area contributed by atoms with Gasteiger partial charge in [0, 0.05) is 64.2 Å². The van der Waals surface area contributed by atoms with E-state index in [0.717, 1.165) is 22.4 Å². The van der Waals surface area contributed by atoms with Crippen LogP contribution in [0.1, 0.15) is 70.4 Å². The number of aromatic nitrogens is 2. The first kappa shape index (κ1) is 27.0. The maximum absolute atomic E-state index is 13.8. The van der Waals surface area contributed by atoms with Gasteiger partial charge in [-0.05, 0) is 28.5 Å². The largest absolute Gasteiger partial charge is 0.465 e. The predicted octanol–water partition coefficient (Wildman–Crippen LogP) is 8.31. The Labute approximate surface area is 244 Å². The van der Waals surface area contributed by atoms with Crippen LogP contribution in [0, 0.1) is 10.8 Å². The molecule has 5 nitrogen and oxygen atoms in total. The number of carbonyl (C=O) groups excluding carboxylic acids is 2. The number of nitrogens with zero attached hydrogens (tertiary/aromatic N) is 2. The van der Waals surface area contributed by atoms with Crippen LogP contribution in [-0.2, 0) is 20.9 Å². The molecule has 0 spiro atoms. The van der Waals surface area contributed by atoms with Crippen LogP contribution >= 0.6 is 23.2 Å². The third-order valence-electron chi connectivity index (χ3n) is 8.08. The van der Waals surface area contributed by atoms with E-state index in [0.29, 0.717) is 64.9 Å². The number of halogens is 2. The zero-order chi connectivity index (χ0) is 28.4. The summed E-state index contributed by atoms with van der Waals surface area (Å²) >= 11 is 12.7. The molecule has 0 atom stereocenters. The van der Waals surface area contributed by atoms with E-state index < -0.39 is 5.92 Å². The second-order valence-corrected chi connectivity index (χ2v) is 13.7. The highest BCUT2D eigenvalue weighted by molar-refractivity contribution is 6.35. The molecular weight excluding hydrogens is 543 g/mol. The summed E-state index contributed by atoms with van der Waals surface area (Å²) < 4.78 is 8.34. The van der Waals surface area contributed by atoms with E-state index in [1.807, 2.05) is 53.3 Å². The molecular formula is C33H32Cl2N2O3. The van der Waals surface area contributed by atoms with Crippen molar-refractivity contribution in [3.05, 3.63) is 98.6 Å². The van der Waals surface area contributed by atoms with Gasteiger partial charge in [-0.25, -0.2) is 0 Å². The summed E-state index contributed by atoms with van der Waals surface area (Å²) in [6.45, 7) is 8.79. The van der Waals surface area contributed by atoms with Gasteiger partial charge in [0.05, 0.1) is 18.2 Å². The van der Waals surface area contributed by atoms with Crippen molar-refractivity contribution in [1.29, 1.82) is 0 Å². The number of hydrogen-bond acceptors (Lipinski definition) is 4. The van der Waals surface area contributed by atoms with Gasteiger partial charge in [-0.15, -0.1) is 0 Å². The van der Waals surface area contributed by atoms with Crippen LogP contribution in [0.15, 0.2) is 77.4 Å². The molecule has 0 saturated carbocycles. The highest BCUT2D eigenvalue weighted by Gasteiger charge is 2.48. The molecule has 3 aliphatic rings. The van der Waals surface area contributed by atoms with Gasteiger partial charge in [0.1, 0.15) is 11.5 Å². The molecule has 0 bridgehead atoms. The average Bonchev–Trinajstić information content (AvgIpc) is 3.27. The molecule has 0 radical (unpaired) electrons. The molecule has 1 aliphatic heterocycles. The van der Waals surface area contributed by atoms with Gasteiger partial charge in [0.2, 0.25) is 0 Å². The Balaban J connectivity index is 1.56. The van der Waals surface area contributed by atoms with E-state index in [1.165, 1.54) is 0 Å². The normalized spacial score (nSPS) is 20.4. The van der Waals surface area contributed by atoms with E-state index in [4.69, 9.17) is 33.0 Å². The lowest BCUT2D eigenvalue weighted by Gasteiger charge is -2.42. The average molecular weight is 576 g/mol. The predicted molar refractivity (Wildman–Crippen MR) is 157 cm³/mol. The molecule has 6 rings (SSSR count). The summed E-state index contributed by atoms with van der Waals surface area (Å²) in [5.41, 5.74) is 4.14. The fraction of sp³-hybridized carbons (Fsp3) is 0.364. The standard InChI is InChI=1S/C33H32Cl2N2O3/c1-32(2)13-24(38)29-26(15-32)40-27-16-33(3,4)14-25(39)30(27)28(29)22-18-37(17-20-10-11-21(34)12-23(20)35)36-31(22)19-8-6-5-7-9-19/h5-12,18,28H,13-17H2,1-4H3. The zero-order valence-corrected chi connectivity index (χ0v) is 24.7. The molecule has 2 heterocycles. The third-order valence-corrected chi connectivity index (χ3v) is 8.66. The summed E-state index contributed by atoms with van der Waals surface area (Å²) in [5, 5.41) is 6.14. The minimum Gasteiger partial charge on any atom is -0.465 e. The van der Waals surface area contributed by atoms with Crippen LogP contribution in [0.2, 0.25) is 10.0 Å². The maximum Gasteiger partial charge on any atom is 0.163 e. The van der Waals surface area contributed by atoms with Crippen molar-refractivity contribution < 1.29 is 14.3 Å². The summed E-state index contributed by atoms with van der Waals surface area (Å²) in [6.07, 6.45) is 4.07. The smallest absolute Gasteiger partial charge is 0.163 e. The van der Waals surface area contributed by atoms with E-state index in [9.17, 15) is 9.59 Å². The van der Waals surface area contributed by atoms with Gasteiger partial charge in [0.15, 0.2) is 11.6 Å². The molecule has 2 aromatic carbocycles. The lowest BCUT2D eigenvalue weighted by atomic mass is 9.65. The van der Waals surface area contributed by atoms with Crippen molar-refractivity contribution in [2.45, 2.75) is 65.8 Å². The molecule has 0 amide bonds. The van der Waals surface area contributed by atoms with Crippen LogP contribution in [0.5, 0.6) is 0 Å². The minimum atomic E-state index is -0.532. The first-order valence-electron chi connectivity index (χ1n) is 13.7. The number of ether oxygens (including phenoxy) is 1. The van der Waals surface area contributed by atoms with Crippen LogP contribution in [-0.4, -0.2) is 21.3 Å². The van der Waals surface area contributed by atoms with Crippen molar-refractivity contribution in [1.82, 2.24) is 9.78 Å². The van der Waals surface area contributed by atoms with Crippen LogP contribution < -0.4 is 0 Å². The lowest BCUT2D eigenvalue weighted by Crippen LogP contribution is -2.37. The summed E-state index contributed by atoms with van der Waals surface area (Å²) in [6, 6.07) is 15.3. The van der Waals surface area contributed by atoms with Crippen molar-refractivity contribution in [2.24, 2.45) is 10.8 Å². The van der Waals surface area contributed by atoms with Gasteiger partial charge in [-0.3, -0.25) is 14.3 Å². The Morgan fingerprint density at radius 1 is 0.875 bits per heavy atom. The summed E-state index contributed by atoms with van der Waals surface area (Å²) in [5.74, 6) is 0.933. The Morgan fingerprint density at radius 3 is 2.05 bits per heavy atom. The lowest BCUT2D eigenvalue weighted by molar-refractivity contribution is -0.120. The second kappa shape index (κ2) is 9.74. The fourth-order valence-corrected chi connectivity index (χ4v) is 6.83. The van der Waals surface area contributed by atoms with Crippen molar-refractivity contribution >= 4 is 34.8 Å². The number of allylic oxidation sites excluding steroid dienone is 4. The second-order valence-electron chi connectivity index (χ2n) is 12.8. The number of benzene rings is 2. The molecule has 0 unspecified atom stereocenters. The van der Waals surface area contributed by atoms with E-state index >= 15 is 0 Å². The van der Waals surface area contributed by atoms with Gasteiger partial charge in [-0.2, -0.15) is 5.10 Å². The Morgan fingerprint density at radius 2 is 1.48 bits per heavy atom. The zero-order valence-electron chi connectivity index (χ0n) is 23.2. The molecule has 40 heavy (non-hydrogen) atoms. The van der Waals surface area contributed by atoms with E-state index in [-0.39, 0.29) is 22.4 Å². The number of ketones is 2. The molecule has 206 valence electrons. The molecule has 3 aromatic rings. The SMILES string of the molecule is CC1(C)CC(=O)C2=C(C1)OC1=C(C(=O)CC(C)(C)C1)C2c1cn(Cc2ccc(Cl)cc2Cl)nc1-c1ccccc1. The molecule has 7 heteroatoms. The third kappa shape index (κ3) is 4.95. The molecule has 0 fully saturated rings. The van der Waals surface area contributed by atoms with E-state index in [1.54, 1.807) is 6.07 Å². The van der Waals surface area contributed by atoms with Crippen molar-refractivity contribution in [3.63, 3.8) is 0 Å². The van der Waals surface area contributed by atoms with Gasteiger partial charge in [-0.1, -0.05) is 87.3 Å². The summed E-state index contributed by atoms with van der Waals surface area (Å²) in [7, 11) is 0. The number of hydrogen-bond donors (Lipinski definition) is 0. The molecule has 0 N–H and O–H groups in total. The first-order chi connectivity index (χ1) is 18.9. The molecule has 1 aromatic heterocycles. The van der Waals surface area contributed by atoms with Crippen LogP contribution in [0.3, 0.4) is 0 Å². The summed E-state index contributed by atoms with van der Waals surface area (Å²) in [4.78, 5) is 27.7. The van der Waals surface area contributed by atoms with Crippen molar-refractivity contribution in [3.8, 4) is 11.3 Å². The Hall–Kier alpha value is -3.15. The first-order valence-corrected chi connectivity index (χ1v) is 14.4. The van der Waals surface area contributed by atoms with E-state index in [2.05, 4.69) is 27.7 Å². The molecule has 0 saturated heterocycles. The monoisotopic (exact) mass is 574 g/mol. The Kier molecular flexibility index (Phi) is 6.59. The highest BCUT2D eigenvalue weighted by atomic mass is 35.5. The maximum atomic E-state index is 13.8. The van der Waals surface area contributed by atoms with Crippen molar-refractivity contribution in [2.75, 3.05) is 0 Å². The van der Waals surface area contributed by atoms with Gasteiger partial charge in [0.25, 0.3) is 0 Å².